The van der Waals surface area contributed by atoms with Gasteiger partial charge in [0.15, 0.2) is 17.5 Å². The highest BCUT2D eigenvalue weighted by molar-refractivity contribution is 6.19. The van der Waals surface area contributed by atoms with Crippen LogP contribution in [0.1, 0.15) is 22.3 Å². The minimum absolute atomic E-state index is 0.566. The first-order valence-corrected chi connectivity index (χ1v) is 21.6. The van der Waals surface area contributed by atoms with E-state index in [2.05, 4.69) is 158 Å². The first-order chi connectivity index (χ1) is 31.7. The van der Waals surface area contributed by atoms with E-state index in [1.807, 2.05) is 60.7 Å². The number of rotatable bonds is 5. The van der Waals surface area contributed by atoms with Crippen LogP contribution in [-0.4, -0.2) is 19.9 Å². The molecule has 0 atom stereocenters. The number of hydrogen-bond donors (Lipinski definition) is 0. The Morgan fingerprint density at radius 3 is 1.50 bits per heavy atom. The number of aromatic nitrogens is 4. The average Bonchev–Trinajstić information content (AvgIpc) is 3.67. The fourth-order valence-electron chi connectivity index (χ4n) is 10.2. The van der Waals surface area contributed by atoms with Gasteiger partial charge in [-0.3, -0.25) is 0 Å². The molecule has 0 amide bonds. The molecule has 1 spiro atoms. The molecule has 5 nitrogen and oxygen atoms in total. The summed E-state index contributed by atoms with van der Waals surface area (Å²) in [5.41, 5.74) is 14.6. The summed E-state index contributed by atoms with van der Waals surface area (Å²) in [4.78, 5) is 20.4. The van der Waals surface area contributed by atoms with Crippen LogP contribution in [0.2, 0.25) is 0 Å². The van der Waals surface area contributed by atoms with Crippen molar-refractivity contribution in [2.45, 2.75) is 5.41 Å². The van der Waals surface area contributed by atoms with E-state index in [1.54, 1.807) is 0 Å². The van der Waals surface area contributed by atoms with E-state index < -0.39 is 5.41 Å². The molecule has 64 heavy (non-hydrogen) atoms. The molecular formula is C59H36N4O. The summed E-state index contributed by atoms with van der Waals surface area (Å²) < 4.78 is 6.64. The van der Waals surface area contributed by atoms with Crippen molar-refractivity contribution < 1.29 is 4.74 Å². The molecule has 0 saturated carbocycles. The zero-order chi connectivity index (χ0) is 42.2. The van der Waals surface area contributed by atoms with Gasteiger partial charge in [0, 0.05) is 49.5 Å². The van der Waals surface area contributed by atoms with Crippen molar-refractivity contribution in [1.82, 2.24) is 19.9 Å². The summed E-state index contributed by atoms with van der Waals surface area (Å²) >= 11 is 0. The van der Waals surface area contributed by atoms with E-state index in [0.717, 1.165) is 78.0 Å². The molecule has 298 valence electrons. The molecular weight excluding hydrogens is 781 g/mol. The van der Waals surface area contributed by atoms with Crippen molar-refractivity contribution in [3.63, 3.8) is 0 Å². The topological polar surface area (TPSA) is 60.8 Å². The van der Waals surface area contributed by atoms with E-state index in [-0.39, 0.29) is 0 Å². The van der Waals surface area contributed by atoms with Crippen LogP contribution in [0.25, 0.3) is 89.4 Å². The Balaban J connectivity index is 0.994. The molecule has 0 unspecified atom stereocenters. The molecule has 2 aliphatic rings. The SMILES string of the molecule is c1ccc(-c2nc(-c3ccccc3)nc(-c3cccc(-c4cccc(-c5nc6ccccc6c6c7c(ccc56)C5(c6ccccc6Oc6ccccc65)c5ccccc5-7)c4)c3)n2)cc1. The van der Waals surface area contributed by atoms with Gasteiger partial charge in [-0.05, 0) is 63.7 Å². The second-order valence-corrected chi connectivity index (χ2v) is 16.5. The summed E-state index contributed by atoms with van der Waals surface area (Å²) in [6.07, 6.45) is 0. The zero-order valence-corrected chi connectivity index (χ0v) is 34.5. The van der Waals surface area contributed by atoms with Crippen LogP contribution < -0.4 is 4.74 Å². The quantitative estimate of drug-likeness (QED) is 0.162. The highest BCUT2D eigenvalue weighted by atomic mass is 16.5. The second-order valence-electron chi connectivity index (χ2n) is 16.5. The van der Waals surface area contributed by atoms with Crippen molar-refractivity contribution in [1.29, 1.82) is 0 Å². The van der Waals surface area contributed by atoms with Crippen molar-refractivity contribution >= 4 is 21.7 Å². The van der Waals surface area contributed by atoms with Gasteiger partial charge in [-0.25, -0.2) is 19.9 Å². The zero-order valence-electron chi connectivity index (χ0n) is 34.5. The van der Waals surface area contributed by atoms with E-state index >= 15 is 0 Å². The molecule has 5 heteroatoms. The number of fused-ring (bicyclic) bond motifs is 13. The summed E-state index contributed by atoms with van der Waals surface area (Å²) in [6, 6.07) is 76.7. The predicted molar refractivity (Wildman–Crippen MR) is 257 cm³/mol. The number of ether oxygens (including phenoxy) is 1. The molecule has 1 aliphatic heterocycles. The van der Waals surface area contributed by atoms with Gasteiger partial charge in [0.05, 0.1) is 16.6 Å². The van der Waals surface area contributed by atoms with Gasteiger partial charge in [0.25, 0.3) is 0 Å². The van der Waals surface area contributed by atoms with Gasteiger partial charge in [-0.2, -0.15) is 0 Å². The Labute approximate surface area is 370 Å². The smallest absolute Gasteiger partial charge is 0.164 e. The van der Waals surface area contributed by atoms with Crippen molar-refractivity contribution in [2.75, 3.05) is 0 Å². The second kappa shape index (κ2) is 14.3. The minimum atomic E-state index is -0.566. The van der Waals surface area contributed by atoms with Gasteiger partial charge in [0.1, 0.15) is 11.5 Å². The standard InChI is InChI=1S/C59H36N4O/c1-3-17-37(18-4-1)56-61-57(38-19-5-2-6-20-38)63-58(62-56)42-24-16-22-40(36-42)39-21-15-23-41(35-39)55-45-33-34-49-54(53(45)44-26-8-12-30-50(44)60-55)43-25-7-9-27-46(43)59(49)47-28-10-13-31-51(47)64-52-32-14-11-29-48(52)59/h1-36H. The first-order valence-electron chi connectivity index (χ1n) is 21.6. The highest BCUT2D eigenvalue weighted by Gasteiger charge is 2.51. The normalized spacial score (nSPS) is 12.9. The summed E-state index contributed by atoms with van der Waals surface area (Å²) in [7, 11) is 0. The number of hydrogen-bond acceptors (Lipinski definition) is 5. The van der Waals surface area contributed by atoms with E-state index in [9.17, 15) is 0 Å². The van der Waals surface area contributed by atoms with Crippen molar-refractivity contribution in [3.8, 4) is 79.2 Å². The van der Waals surface area contributed by atoms with Gasteiger partial charge in [0.2, 0.25) is 0 Å². The van der Waals surface area contributed by atoms with Crippen LogP contribution in [0, 0.1) is 0 Å². The largest absolute Gasteiger partial charge is 0.457 e. The molecule has 0 N–H and O–H groups in total. The van der Waals surface area contributed by atoms with Gasteiger partial charge < -0.3 is 4.74 Å². The molecule has 0 bridgehead atoms. The third kappa shape index (κ3) is 5.44. The number of pyridine rings is 1. The molecule has 0 fully saturated rings. The monoisotopic (exact) mass is 816 g/mol. The Kier molecular flexibility index (Phi) is 8.06. The average molecular weight is 817 g/mol. The van der Waals surface area contributed by atoms with E-state index in [4.69, 9.17) is 24.7 Å². The van der Waals surface area contributed by atoms with Crippen LogP contribution in [0.4, 0.5) is 0 Å². The van der Waals surface area contributed by atoms with Gasteiger partial charge in [-0.15, -0.1) is 0 Å². The summed E-state index contributed by atoms with van der Waals surface area (Å²) in [6.45, 7) is 0. The number of para-hydroxylation sites is 3. The predicted octanol–water partition coefficient (Wildman–Crippen LogP) is 14.4. The number of nitrogens with zero attached hydrogens (tertiary/aromatic N) is 4. The fourth-order valence-corrected chi connectivity index (χ4v) is 10.2. The Hall–Kier alpha value is -8.54. The summed E-state index contributed by atoms with van der Waals surface area (Å²) in [5.74, 6) is 3.66. The Morgan fingerprint density at radius 2 is 0.828 bits per heavy atom. The Bertz CT molecular complexity index is 3560. The molecule has 1 aliphatic carbocycles. The maximum atomic E-state index is 6.64. The third-order valence-electron chi connectivity index (χ3n) is 13.0. The van der Waals surface area contributed by atoms with Crippen LogP contribution in [-0.2, 0) is 5.41 Å². The molecule has 11 aromatic rings. The molecule has 0 saturated heterocycles. The van der Waals surface area contributed by atoms with Crippen LogP contribution in [0.15, 0.2) is 218 Å². The molecule has 9 aromatic carbocycles. The molecule has 3 heterocycles. The lowest BCUT2D eigenvalue weighted by Gasteiger charge is -2.39. The fraction of sp³-hybridized carbons (Fsp3) is 0.0169. The third-order valence-corrected chi connectivity index (χ3v) is 13.0. The van der Waals surface area contributed by atoms with Crippen LogP contribution in [0.5, 0.6) is 11.5 Å². The lowest BCUT2D eigenvalue weighted by atomic mass is 9.66. The molecule has 13 rings (SSSR count). The van der Waals surface area contributed by atoms with Crippen LogP contribution in [0.3, 0.4) is 0 Å². The maximum absolute atomic E-state index is 6.64. The van der Waals surface area contributed by atoms with Crippen molar-refractivity contribution in [2.24, 2.45) is 0 Å². The van der Waals surface area contributed by atoms with E-state index in [0.29, 0.717) is 17.5 Å². The maximum Gasteiger partial charge on any atom is 0.164 e. The highest BCUT2D eigenvalue weighted by Crippen LogP contribution is 2.63. The van der Waals surface area contributed by atoms with E-state index in [1.165, 1.54) is 27.6 Å². The summed E-state index contributed by atoms with van der Waals surface area (Å²) in [5, 5.41) is 3.44. The van der Waals surface area contributed by atoms with Gasteiger partial charge in [-0.1, -0.05) is 188 Å². The minimum Gasteiger partial charge on any atom is -0.457 e. The van der Waals surface area contributed by atoms with Crippen LogP contribution >= 0.6 is 0 Å². The van der Waals surface area contributed by atoms with Gasteiger partial charge >= 0.3 is 0 Å². The molecule has 2 aromatic heterocycles. The Morgan fingerprint density at radius 1 is 0.328 bits per heavy atom. The lowest BCUT2D eigenvalue weighted by Crippen LogP contribution is -2.32. The number of benzene rings is 9. The lowest BCUT2D eigenvalue weighted by molar-refractivity contribution is 0.436. The first kappa shape index (κ1) is 36.1. The molecule has 0 radical (unpaired) electrons. The van der Waals surface area contributed by atoms with Crippen molar-refractivity contribution in [3.05, 3.63) is 241 Å².